The Labute approximate surface area is 98.5 Å². The summed E-state index contributed by atoms with van der Waals surface area (Å²) in [5, 5.41) is 8.61. The van der Waals surface area contributed by atoms with Gasteiger partial charge in [0.05, 0.1) is 5.75 Å². The predicted octanol–water partition coefficient (Wildman–Crippen LogP) is 1.26. The zero-order valence-electron chi connectivity index (χ0n) is 9.98. The number of aliphatic hydroxyl groups excluding tert-OH is 1. The fourth-order valence-electron chi connectivity index (χ4n) is 2.26. The summed E-state index contributed by atoms with van der Waals surface area (Å²) in [6.07, 6.45) is 5.69. The minimum absolute atomic E-state index is 0.0389. The quantitative estimate of drug-likeness (QED) is 0.744. The molecule has 0 aromatic heterocycles. The maximum atomic E-state index is 11.6. The molecule has 16 heavy (non-hydrogen) atoms. The highest BCUT2D eigenvalue weighted by Crippen LogP contribution is 2.26. The first kappa shape index (κ1) is 13.9. The van der Waals surface area contributed by atoms with Gasteiger partial charge in [0.1, 0.15) is 0 Å². The third-order valence-corrected chi connectivity index (χ3v) is 4.86. The van der Waals surface area contributed by atoms with E-state index >= 15 is 0 Å². The number of sulfonamides is 1. The lowest BCUT2D eigenvalue weighted by Crippen LogP contribution is -2.38. The molecule has 1 rings (SSSR count). The van der Waals surface area contributed by atoms with Crippen LogP contribution >= 0.6 is 0 Å². The van der Waals surface area contributed by atoms with Crippen molar-refractivity contribution in [2.45, 2.75) is 51.5 Å². The van der Waals surface area contributed by atoms with Crippen LogP contribution in [0.2, 0.25) is 0 Å². The smallest absolute Gasteiger partial charge is 0.211 e. The van der Waals surface area contributed by atoms with Gasteiger partial charge in [0, 0.05) is 12.6 Å². The lowest BCUT2D eigenvalue weighted by Gasteiger charge is -2.28. The second-order valence-corrected chi connectivity index (χ2v) is 6.51. The average molecular weight is 249 g/mol. The number of hydrogen-bond donors (Lipinski definition) is 2. The first-order chi connectivity index (χ1) is 7.57. The van der Waals surface area contributed by atoms with Gasteiger partial charge in [-0.3, -0.25) is 0 Å². The van der Waals surface area contributed by atoms with E-state index in [2.05, 4.69) is 11.6 Å². The molecule has 0 aromatic carbocycles. The van der Waals surface area contributed by atoms with E-state index in [9.17, 15) is 8.42 Å². The van der Waals surface area contributed by atoms with Crippen LogP contribution in [-0.4, -0.2) is 31.9 Å². The Morgan fingerprint density at radius 2 is 1.88 bits per heavy atom. The van der Waals surface area contributed by atoms with Gasteiger partial charge in [-0.1, -0.05) is 13.3 Å². The summed E-state index contributed by atoms with van der Waals surface area (Å²) < 4.78 is 25.9. The van der Waals surface area contributed by atoms with Crippen LogP contribution in [0.15, 0.2) is 0 Å². The number of aliphatic hydroxyl groups is 1. The Morgan fingerprint density at radius 3 is 2.38 bits per heavy atom. The normalized spacial score (nSPS) is 26.9. The fourth-order valence-corrected chi connectivity index (χ4v) is 3.63. The van der Waals surface area contributed by atoms with Gasteiger partial charge in [0.25, 0.3) is 0 Å². The molecule has 96 valence electrons. The SMILES string of the molecule is CCC1CCC(NS(=O)(=O)CCCO)CC1. The molecule has 1 fully saturated rings. The number of nitrogens with one attached hydrogen (secondary N) is 1. The summed E-state index contributed by atoms with van der Waals surface area (Å²) >= 11 is 0. The van der Waals surface area contributed by atoms with Gasteiger partial charge in [-0.15, -0.1) is 0 Å². The predicted molar refractivity (Wildman–Crippen MR) is 64.7 cm³/mol. The highest BCUT2D eigenvalue weighted by atomic mass is 32.2. The average Bonchev–Trinajstić information content (AvgIpc) is 2.27. The molecule has 0 atom stereocenters. The van der Waals surface area contributed by atoms with Crippen LogP contribution in [0.25, 0.3) is 0 Å². The Kier molecular flexibility index (Phi) is 5.72. The highest BCUT2D eigenvalue weighted by Gasteiger charge is 2.23. The second-order valence-electron chi connectivity index (χ2n) is 4.64. The Balaban J connectivity index is 2.32. The standard InChI is InChI=1S/C11H23NO3S/c1-2-10-4-6-11(7-5-10)12-16(14,15)9-3-8-13/h10-13H,2-9H2,1H3. The van der Waals surface area contributed by atoms with Crippen molar-refractivity contribution < 1.29 is 13.5 Å². The summed E-state index contributed by atoms with van der Waals surface area (Å²) in [4.78, 5) is 0. The molecule has 0 aromatic rings. The largest absolute Gasteiger partial charge is 0.396 e. The molecular weight excluding hydrogens is 226 g/mol. The molecule has 1 aliphatic rings. The van der Waals surface area contributed by atoms with E-state index in [0.29, 0.717) is 6.42 Å². The van der Waals surface area contributed by atoms with Gasteiger partial charge in [-0.05, 0) is 38.0 Å². The monoisotopic (exact) mass is 249 g/mol. The fraction of sp³-hybridized carbons (Fsp3) is 1.00. The zero-order valence-corrected chi connectivity index (χ0v) is 10.8. The summed E-state index contributed by atoms with van der Waals surface area (Å²) in [6.45, 7) is 2.12. The molecule has 0 aliphatic heterocycles. The van der Waals surface area contributed by atoms with Crippen molar-refractivity contribution in [2.75, 3.05) is 12.4 Å². The first-order valence-corrected chi connectivity index (χ1v) is 7.83. The molecule has 1 aliphatic carbocycles. The van der Waals surface area contributed by atoms with Crippen molar-refractivity contribution in [3.63, 3.8) is 0 Å². The topological polar surface area (TPSA) is 66.4 Å². The van der Waals surface area contributed by atoms with Crippen molar-refractivity contribution in [1.82, 2.24) is 4.72 Å². The summed E-state index contributed by atoms with van der Waals surface area (Å²) in [6, 6.07) is 0.117. The van der Waals surface area contributed by atoms with Gasteiger partial charge in [-0.2, -0.15) is 0 Å². The van der Waals surface area contributed by atoms with E-state index in [1.807, 2.05) is 0 Å². The first-order valence-electron chi connectivity index (χ1n) is 6.18. The third kappa shape index (κ3) is 4.80. The van der Waals surface area contributed by atoms with Crippen molar-refractivity contribution in [1.29, 1.82) is 0 Å². The van der Waals surface area contributed by atoms with Gasteiger partial charge >= 0.3 is 0 Å². The minimum Gasteiger partial charge on any atom is -0.396 e. The molecule has 0 amide bonds. The van der Waals surface area contributed by atoms with Crippen molar-refractivity contribution in [3.8, 4) is 0 Å². The molecule has 0 spiro atoms. The van der Waals surface area contributed by atoms with E-state index < -0.39 is 10.0 Å². The van der Waals surface area contributed by atoms with Crippen LogP contribution in [0.5, 0.6) is 0 Å². The molecule has 4 nitrogen and oxygen atoms in total. The van der Waals surface area contributed by atoms with Crippen LogP contribution in [0.3, 0.4) is 0 Å². The van der Waals surface area contributed by atoms with Crippen LogP contribution in [0.1, 0.15) is 45.4 Å². The van der Waals surface area contributed by atoms with Crippen LogP contribution in [0.4, 0.5) is 0 Å². The molecule has 0 saturated heterocycles. The maximum Gasteiger partial charge on any atom is 0.211 e. The minimum atomic E-state index is -3.18. The summed E-state index contributed by atoms with van der Waals surface area (Å²) in [5.74, 6) is 0.815. The molecular formula is C11H23NO3S. The second kappa shape index (κ2) is 6.57. The molecule has 2 N–H and O–H groups in total. The molecule has 0 heterocycles. The Hall–Kier alpha value is -0.130. The van der Waals surface area contributed by atoms with E-state index in [1.54, 1.807) is 0 Å². The van der Waals surface area contributed by atoms with Crippen LogP contribution in [0, 0.1) is 5.92 Å². The molecule has 1 saturated carbocycles. The van der Waals surface area contributed by atoms with E-state index in [-0.39, 0.29) is 18.4 Å². The van der Waals surface area contributed by atoms with Gasteiger partial charge in [-0.25, -0.2) is 13.1 Å². The maximum absolute atomic E-state index is 11.6. The number of rotatable bonds is 6. The Bertz CT molecular complexity index is 282. The molecule has 5 heteroatoms. The summed E-state index contributed by atoms with van der Waals surface area (Å²) in [7, 11) is -3.18. The van der Waals surface area contributed by atoms with Crippen molar-refractivity contribution in [3.05, 3.63) is 0 Å². The van der Waals surface area contributed by atoms with Gasteiger partial charge < -0.3 is 5.11 Å². The van der Waals surface area contributed by atoms with Crippen molar-refractivity contribution in [2.24, 2.45) is 5.92 Å². The van der Waals surface area contributed by atoms with Crippen LogP contribution < -0.4 is 4.72 Å². The zero-order chi connectivity index (χ0) is 12.0. The molecule has 0 bridgehead atoms. The van der Waals surface area contributed by atoms with Crippen molar-refractivity contribution >= 4 is 10.0 Å². The lowest BCUT2D eigenvalue weighted by atomic mass is 9.85. The Morgan fingerprint density at radius 1 is 1.25 bits per heavy atom. The van der Waals surface area contributed by atoms with E-state index in [4.69, 9.17) is 5.11 Å². The molecule has 0 unspecified atom stereocenters. The summed E-state index contributed by atoms with van der Waals surface area (Å²) in [5.41, 5.74) is 0. The van der Waals surface area contributed by atoms with Gasteiger partial charge in [0.15, 0.2) is 0 Å². The van der Waals surface area contributed by atoms with E-state index in [0.717, 1.165) is 31.6 Å². The number of hydrogen-bond acceptors (Lipinski definition) is 3. The third-order valence-electron chi connectivity index (χ3n) is 3.34. The molecule has 0 radical (unpaired) electrons. The highest BCUT2D eigenvalue weighted by molar-refractivity contribution is 7.89. The van der Waals surface area contributed by atoms with E-state index in [1.165, 1.54) is 6.42 Å². The lowest BCUT2D eigenvalue weighted by molar-refractivity contribution is 0.293. The van der Waals surface area contributed by atoms with Crippen LogP contribution in [-0.2, 0) is 10.0 Å². The van der Waals surface area contributed by atoms with Gasteiger partial charge in [0.2, 0.25) is 10.0 Å².